The van der Waals surface area contributed by atoms with E-state index in [1.165, 1.54) is 11.1 Å². The molecule has 2 aromatic rings. The molecule has 94 valence electrons. The highest BCUT2D eigenvalue weighted by atomic mass is 16.5. The van der Waals surface area contributed by atoms with Crippen molar-refractivity contribution in [3.05, 3.63) is 53.5 Å². The lowest BCUT2D eigenvalue weighted by Gasteiger charge is -2.07. The van der Waals surface area contributed by atoms with Crippen molar-refractivity contribution in [2.45, 2.75) is 20.0 Å². The number of ether oxygens (including phenoxy) is 1. The lowest BCUT2D eigenvalue weighted by molar-refractivity contribution is 0.397. The molecule has 0 saturated carbocycles. The average molecular weight is 243 g/mol. The first-order valence-corrected chi connectivity index (χ1v) is 5.88. The summed E-state index contributed by atoms with van der Waals surface area (Å²) in [6.07, 6.45) is 5.52. The molecule has 0 aliphatic carbocycles. The number of hydrogen-bond donors (Lipinski definition) is 1. The number of pyridine rings is 2. The van der Waals surface area contributed by atoms with Crippen molar-refractivity contribution >= 4 is 0 Å². The first-order chi connectivity index (χ1) is 8.79. The molecule has 4 nitrogen and oxygen atoms in total. The molecule has 0 fully saturated rings. The molecule has 4 heteroatoms. The lowest BCUT2D eigenvalue weighted by atomic mass is 10.1. The van der Waals surface area contributed by atoms with Crippen molar-refractivity contribution in [2.24, 2.45) is 0 Å². The highest BCUT2D eigenvalue weighted by molar-refractivity contribution is 5.22. The molecule has 2 rings (SSSR count). The van der Waals surface area contributed by atoms with Crippen LogP contribution in [0.15, 0.2) is 36.8 Å². The van der Waals surface area contributed by atoms with E-state index in [9.17, 15) is 0 Å². The molecule has 0 spiro atoms. The fourth-order valence-electron chi connectivity index (χ4n) is 1.68. The van der Waals surface area contributed by atoms with Gasteiger partial charge in [0.25, 0.3) is 0 Å². The van der Waals surface area contributed by atoms with Gasteiger partial charge in [0.15, 0.2) is 0 Å². The van der Waals surface area contributed by atoms with Crippen molar-refractivity contribution in [2.75, 3.05) is 7.11 Å². The lowest BCUT2D eigenvalue weighted by Crippen LogP contribution is -2.13. The second-order valence-corrected chi connectivity index (χ2v) is 4.11. The zero-order valence-corrected chi connectivity index (χ0v) is 10.7. The SMILES string of the molecule is COc1ccc(CNCc2ccncc2C)cn1. The van der Waals surface area contributed by atoms with Gasteiger partial charge in [-0.2, -0.15) is 0 Å². The minimum absolute atomic E-state index is 0.642. The molecule has 1 N–H and O–H groups in total. The van der Waals surface area contributed by atoms with Crippen LogP contribution in [-0.2, 0) is 13.1 Å². The summed E-state index contributed by atoms with van der Waals surface area (Å²) in [6, 6.07) is 5.92. The Bertz CT molecular complexity index is 497. The molecule has 0 bridgehead atoms. The second-order valence-electron chi connectivity index (χ2n) is 4.11. The molecule has 0 atom stereocenters. The molecule has 0 aliphatic rings. The molecule has 0 unspecified atom stereocenters. The van der Waals surface area contributed by atoms with Gasteiger partial charge >= 0.3 is 0 Å². The monoisotopic (exact) mass is 243 g/mol. The number of nitrogens with one attached hydrogen (secondary N) is 1. The van der Waals surface area contributed by atoms with Crippen molar-refractivity contribution in [1.82, 2.24) is 15.3 Å². The maximum Gasteiger partial charge on any atom is 0.212 e. The van der Waals surface area contributed by atoms with Crippen LogP contribution in [0.5, 0.6) is 5.88 Å². The van der Waals surface area contributed by atoms with Crippen LogP contribution in [0.3, 0.4) is 0 Å². The van der Waals surface area contributed by atoms with Gasteiger partial charge in [-0.25, -0.2) is 4.98 Å². The van der Waals surface area contributed by atoms with E-state index in [1.807, 2.05) is 36.8 Å². The zero-order valence-electron chi connectivity index (χ0n) is 10.7. The van der Waals surface area contributed by atoms with Crippen molar-refractivity contribution in [1.29, 1.82) is 0 Å². The molecule has 18 heavy (non-hydrogen) atoms. The molecule has 2 aromatic heterocycles. The van der Waals surface area contributed by atoms with Crippen LogP contribution >= 0.6 is 0 Å². The van der Waals surface area contributed by atoms with E-state index in [0.29, 0.717) is 5.88 Å². The van der Waals surface area contributed by atoms with Gasteiger partial charge in [-0.05, 0) is 29.7 Å². The third-order valence-electron chi connectivity index (χ3n) is 2.79. The summed E-state index contributed by atoms with van der Waals surface area (Å²) in [5.74, 6) is 0.642. The van der Waals surface area contributed by atoms with E-state index in [4.69, 9.17) is 4.74 Å². The second kappa shape index (κ2) is 6.12. The molecule has 0 aliphatic heterocycles. The summed E-state index contributed by atoms with van der Waals surface area (Å²) in [5, 5.41) is 3.39. The van der Waals surface area contributed by atoms with Gasteiger partial charge in [0.1, 0.15) is 0 Å². The number of methoxy groups -OCH3 is 1. The Balaban J connectivity index is 1.86. The molecule has 0 aromatic carbocycles. The molecular formula is C14H17N3O. The van der Waals surface area contributed by atoms with Crippen molar-refractivity contribution in [3.8, 4) is 5.88 Å². The van der Waals surface area contributed by atoms with Crippen molar-refractivity contribution in [3.63, 3.8) is 0 Å². The van der Waals surface area contributed by atoms with Crippen LogP contribution in [0.1, 0.15) is 16.7 Å². The highest BCUT2D eigenvalue weighted by Gasteiger charge is 1.98. The standard InChI is InChI=1S/C14H17N3O/c1-11-7-15-6-5-13(11)10-16-8-12-3-4-14(18-2)17-9-12/h3-7,9,16H,8,10H2,1-2H3. The van der Waals surface area contributed by atoms with E-state index in [2.05, 4.69) is 22.2 Å². The van der Waals surface area contributed by atoms with E-state index in [-0.39, 0.29) is 0 Å². The van der Waals surface area contributed by atoms with Crippen LogP contribution in [0, 0.1) is 6.92 Å². The number of aryl methyl sites for hydroxylation is 1. The first kappa shape index (κ1) is 12.5. The fourth-order valence-corrected chi connectivity index (χ4v) is 1.68. The summed E-state index contributed by atoms with van der Waals surface area (Å²) in [4.78, 5) is 8.25. The summed E-state index contributed by atoms with van der Waals surface area (Å²) in [7, 11) is 1.62. The first-order valence-electron chi connectivity index (χ1n) is 5.88. The van der Waals surface area contributed by atoms with Gasteiger partial charge in [0.05, 0.1) is 7.11 Å². The summed E-state index contributed by atoms with van der Waals surface area (Å²) in [6.45, 7) is 3.69. The largest absolute Gasteiger partial charge is 0.481 e. The minimum Gasteiger partial charge on any atom is -0.481 e. The quantitative estimate of drug-likeness (QED) is 0.873. The summed E-state index contributed by atoms with van der Waals surface area (Å²) >= 11 is 0. The van der Waals surface area contributed by atoms with Gasteiger partial charge in [0.2, 0.25) is 5.88 Å². The third-order valence-corrected chi connectivity index (χ3v) is 2.79. The molecule has 0 amide bonds. The summed E-state index contributed by atoms with van der Waals surface area (Å²) in [5.41, 5.74) is 3.62. The maximum atomic E-state index is 5.02. The molecular weight excluding hydrogens is 226 g/mol. The van der Waals surface area contributed by atoms with Gasteiger partial charge in [0, 0.05) is 37.7 Å². The van der Waals surface area contributed by atoms with Crippen LogP contribution in [0.25, 0.3) is 0 Å². The Morgan fingerprint density at radius 2 is 2.06 bits per heavy atom. The average Bonchev–Trinajstić information content (AvgIpc) is 2.42. The van der Waals surface area contributed by atoms with Gasteiger partial charge in [-0.15, -0.1) is 0 Å². The van der Waals surface area contributed by atoms with Gasteiger partial charge in [-0.1, -0.05) is 6.07 Å². The van der Waals surface area contributed by atoms with Crippen LogP contribution in [0.2, 0.25) is 0 Å². The number of aromatic nitrogens is 2. The van der Waals surface area contributed by atoms with Crippen LogP contribution in [-0.4, -0.2) is 17.1 Å². The normalized spacial score (nSPS) is 10.3. The zero-order chi connectivity index (χ0) is 12.8. The minimum atomic E-state index is 0.642. The Kier molecular flexibility index (Phi) is 4.25. The van der Waals surface area contributed by atoms with E-state index in [1.54, 1.807) is 7.11 Å². The van der Waals surface area contributed by atoms with Crippen LogP contribution < -0.4 is 10.1 Å². The summed E-state index contributed by atoms with van der Waals surface area (Å²) < 4.78 is 5.02. The van der Waals surface area contributed by atoms with E-state index >= 15 is 0 Å². The van der Waals surface area contributed by atoms with Crippen molar-refractivity contribution < 1.29 is 4.74 Å². The Hall–Kier alpha value is -1.94. The Labute approximate surface area is 107 Å². The predicted molar refractivity (Wildman–Crippen MR) is 70.3 cm³/mol. The van der Waals surface area contributed by atoms with E-state index < -0.39 is 0 Å². The third kappa shape index (κ3) is 3.28. The predicted octanol–water partition coefficient (Wildman–Crippen LogP) is 2.08. The van der Waals surface area contributed by atoms with Gasteiger partial charge < -0.3 is 10.1 Å². The Morgan fingerprint density at radius 1 is 1.17 bits per heavy atom. The fraction of sp³-hybridized carbons (Fsp3) is 0.286. The van der Waals surface area contributed by atoms with E-state index in [0.717, 1.165) is 18.7 Å². The molecule has 2 heterocycles. The maximum absolute atomic E-state index is 5.02. The number of hydrogen-bond acceptors (Lipinski definition) is 4. The molecule has 0 radical (unpaired) electrons. The smallest absolute Gasteiger partial charge is 0.212 e. The number of rotatable bonds is 5. The topological polar surface area (TPSA) is 47.0 Å². The highest BCUT2D eigenvalue weighted by Crippen LogP contribution is 2.07. The Morgan fingerprint density at radius 3 is 2.72 bits per heavy atom. The number of nitrogens with zero attached hydrogens (tertiary/aromatic N) is 2. The molecule has 0 saturated heterocycles. The van der Waals surface area contributed by atoms with Gasteiger partial charge in [-0.3, -0.25) is 4.98 Å². The van der Waals surface area contributed by atoms with Crippen LogP contribution in [0.4, 0.5) is 0 Å².